The summed E-state index contributed by atoms with van der Waals surface area (Å²) in [5.41, 5.74) is 3.36. The standard InChI is InChI=1S/C16H19N3O/c1-12(18-16(20)19(2)3)13-4-6-14(7-5-13)15-8-10-17-11-9-15/h4-12H,1-3H3,(H,18,20)/t12-/m0/s1. The number of urea groups is 1. The largest absolute Gasteiger partial charge is 0.331 e. The summed E-state index contributed by atoms with van der Waals surface area (Å²) in [6.45, 7) is 1.98. The molecule has 0 aliphatic heterocycles. The molecule has 1 atom stereocenters. The average Bonchev–Trinajstić information content (AvgIpc) is 2.48. The third-order valence-electron chi connectivity index (χ3n) is 3.17. The molecule has 2 aromatic rings. The Balaban J connectivity index is 2.10. The van der Waals surface area contributed by atoms with Crippen LogP contribution in [-0.2, 0) is 0 Å². The molecule has 0 spiro atoms. The molecule has 4 heteroatoms. The van der Waals surface area contributed by atoms with Crippen LogP contribution in [0.5, 0.6) is 0 Å². The molecule has 104 valence electrons. The van der Waals surface area contributed by atoms with Gasteiger partial charge < -0.3 is 10.2 Å². The number of hydrogen-bond acceptors (Lipinski definition) is 2. The van der Waals surface area contributed by atoms with Gasteiger partial charge in [-0.25, -0.2) is 4.79 Å². The topological polar surface area (TPSA) is 45.2 Å². The summed E-state index contributed by atoms with van der Waals surface area (Å²) in [6.07, 6.45) is 3.56. The maximum Gasteiger partial charge on any atom is 0.317 e. The highest BCUT2D eigenvalue weighted by atomic mass is 16.2. The lowest BCUT2D eigenvalue weighted by Gasteiger charge is -2.18. The summed E-state index contributed by atoms with van der Waals surface area (Å²) in [7, 11) is 3.46. The van der Waals surface area contributed by atoms with Gasteiger partial charge in [-0.15, -0.1) is 0 Å². The van der Waals surface area contributed by atoms with E-state index in [4.69, 9.17) is 0 Å². The highest BCUT2D eigenvalue weighted by Gasteiger charge is 2.10. The molecule has 0 bridgehead atoms. The van der Waals surface area contributed by atoms with Crippen molar-refractivity contribution >= 4 is 6.03 Å². The average molecular weight is 269 g/mol. The Morgan fingerprint density at radius 2 is 1.60 bits per heavy atom. The van der Waals surface area contributed by atoms with Gasteiger partial charge in [-0.1, -0.05) is 24.3 Å². The predicted octanol–water partition coefficient (Wildman–Crippen LogP) is 3.08. The van der Waals surface area contributed by atoms with Gasteiger partial charge in [0.2, 0.25) is 0 Å². The van der Waals surface area contributed by atoms with Gasteiger partial charge >= 0.3 is 6.03 Å². The molecule has 0 fully saturated rings. The fourth-order valence-corrected chi connectivity index (χ4v) is 1.91. The summed E-state index contributed by atoms with van der Waals surface area (Å²) in [6, 6.07) is 12.0. The number of nitrogens with one attached hydrogen (secondary N) is 1. The molecular weight excluding hydrogens is 250 g/mol. The normalized spacial score (nSPS) is 11.8. The first kappa shape index (κ1) is 14.1. The fraction of sp³-hybridized carbons (Fsp3) is 0.250. The van der Waals surface area contributed by atoms with Crippen molar-refractivity contribution in [3.05, 3.63) is 54.4 Å². The van der Waals surface area contributed by atoms with Crippen LogP contribution in [0.3, 0.4) is 0 Å². The highest BCUT2D eigenvalue weighted by molar-refractivity contribution is 5.74. The Kier molecular flexibility index (Phi) is 4.35. The van der Waals surface area contributed by atoms with E-state index in [9.17, 15) is 4.79 Å². The quantitative estimate of drug-likeness (QED) is 0.930. The smallest absolute Gasteiger partial charge is 0.317 e. The van der Waals surface area contributed by atoms with Crippen molar-refractivity contribution in [2.45, 2.75) is 13.0 Å². The number of rotatable bonds is 3. The van der Waals surface area contributed by atoms with E-state index in [1.165, 1.54) is 4.90 Å². The van der Waals surface area contributed by atoms with Crippen LogP contribution in [-0.4, -0.2) is 30.0 Å². The lowest BCUT2D eigenvalue weighted by molar-refractivity contribution is 0.214. The van der Waals surface area contributed by atoms with Crippen LogP contribution in [0.1, 0.15) is 18.5 Å². The van der Waals surface area contributed by atoms with Crippen molar-refractivity contribution in [3.63, 3.8) is 0 Å². The minimum absolute atomic E-state index is 0.0172. The molecule has 0 aliphatic carbocycles. The monoisotopic (exact) mass is 269 g/mol. The SMILES string of the molecule is C[C@H](NC(=O)N(C)C)c1ccc(-c2ccncc2)cc1. The third kappa shape index (κ3) is 3.35. The predicted molar refractivity (Wildman–Crippen MR) is 80.3 cm³/mol. The number of aromatic nitrogens is 1. The van der Waals surface area contributed by atoms with Crippen LogP contribution < -0.4 is 5.32 Å². The summed E-state index contributed by atoms with van der Waals surface area (Å²) < 4.78 is 0. The molecule has 0 aliphatic rings. The zero-order valence-corrected chi connectivity index (χ0v) is 12.0. The Morgan fingerprint density at radius 3 is 2.15 bits per heavy atom. The molecule has 0 saturated heterocycles. The molecule has 0 saturated carbocycles. The number of amides is 2. The van der Waals surface area contributed by atoms with Crippen molar-refractivity contribution in [1.82, 2.24) is 15.2 Å². The van der Waals surface area contributed by atoms with Crippen molar-refractivity contribution in [3.8, 4) is 11.1 Å². The van der Waals surface area contributed by atoms with Crippen LogP contribution in [0.15, 0.2) is 48.8 Å². The summed E-state index contributed by atoms with van der Waals surface area (Å²) >= 11 is 0. The third-order valence-corrected chi connectivity index (χ3v) is 3.17. The Labute approximate surface area is 119 Å². The second-order valence-corrected chi connectivity index (χ2v) is 4.92. The van der Waals surface area contributed by atoms with Crippen molar-refractivity contribution < 1.29 is 4.79 Å². The van der Waals surface area contributed by atoms with E-state index in [0.717, 1.165) is 16.7 Å². The molecule has 1 N–H and O–H groups in total. The first-order valence-corrected chi connectivity index (χ1v) is 6.56. The molecule has 20 heavy (non-hydrogen) atoms. The van der Waals surface area contributed by atoms with Crippen molar-refractivity contribution in [2.24, 2.45) is 0 Å². The van der Waals surface area contributed by atoms with Gasteiger partial charge in [0, 0.05) is 26.5 Å². The van der Waals surface area contributed by atoms with Gasteiger partial charge in [0.1, 0.15) is 0 Å². The molecule has 4 nitrogen and oxygen atoms in total. The number of carbonyl (C=O) groups is 1. The molecule has 1 heterocycles. The number of hydrogen-bond donors (Lipinski definition) is 1. The van der Waals surface area contributed by atoms with Gasteiger partial charge in [-0.3, -0.25) is 4.98 Å². The van der Waals surface area contributed by atoms with E-state index < -0.39 is 0 Å². The number of pyridine rings is 1. The van der Waals surface area contributed by atoms with Crippen LogP contribution in [0.25, 0.3) is 11.1 Å². The van der Waals surface area contributed by atoms with E-state index in [2.05, 4.69) is 22.4 Å². The van der Waals surface area contributed by atoms with E-state index in [-0.39, 0.29) is 12.1 Å². The molecule has 1 aromatic heterocycles. The van der Waals surface area contributed by atoms with Gasteiger partial charge in [0.25, 0.3) is 0 Å². The first-order valence-electron chi connectivity index (χ1n) is 6.56. The molecule has 0 unspecified atom stereocenters. The van der Waals surface area contributed by atoms with Gasteiger partial charge in [0.15, 0.2) is 0 Å². The Bertz CT molecular complexity index is 564. The molecule has 2 rings (SSSR count). The highest BCUT2D eigenvalue weighted by Crippen LogP contribution is 2.21. The summed E-state index contributed by atoms with van der Waals surface area (Å²) in [5.74, 6) is 0. The zero-order valence-electron chi connectivity index (χ0n) is 12.0. The second kappa shape index (κ2) is 6.19. The molecular formula is C16H19N3O. The van der Waals surface area contributed by atoms with Crippen molar-refractivity contribution in [1.29, 1.82) is 0 Å². The number of benzene rings is 1. The maximum atomic E-state index is 11.6. The van der Waals surface area contributed by atoms with Gasteiger partial charge in [-0.2, -0.15) is 0 Å². The fourth-order valence-electron chi connectivity index (χ4n) is 1.91. The van der Waals surface area contributed by atoms with Crippen LogP contribution in [0.2, 0.25) is 0 Å². The summed E-state index contributed by atoms with van der Waals surface area (Å²) in [4.78, 5) is 17.2. The van der Waals surface area contributed by atoms with Crippen LogP contribution in [0, 0.1) is 0 Å². The molecule has 2 amide bonds. The second-order valence-electron chi connectivity index (χ2n) is 4.92. The molecule has 1 aromatic carbocycles. The maximum absolute atomic E-state index is 11.6. The minimum atomic E-state index is -0.0873. The van der Waals surface area contributed by atoms with Gasteiger partial charge in [-0.05, 0) is 35.7 Å². The zero-order chi connectivity index (χ0) is 14.5. The van der Waals surface area contributed by atoms with Crippen molar-refractivity contribution in [2.75, 3.05) is 14.1 Å². The van der Waals surface area contributed by atoms with Gasteiger partial charge in [0.05, 0.1) is 6.04 Å². The van der Waals surface area contributed by atoms with E-state index in [0.29, 0.717) is 0 Å². The van der Waals surface area contributed by atoms with E-state index >= 15 is 0 Å². The van der Waals surface area contributed by atoms with E-state index in [1.54, 1.807) is 26.5 Å². The lowest BCUT2D eigenvalue weighted by atomic mass is 10.0. The lowest BCUT2D eigenvalue weighted by Crippen LogP contribution is -2.36. The Morgan fingerprint density at radius 1 is 1.05 bits per heavy atom. The number of carbonyl (C=O) groups excluding carboxylic acids is 1. The van der Waals surface area contributed by atoms with E-state index in [1.807, 2.05) is 31.2 Å². The number of nitrogens with zero attached hydrogens (tertiary/aromatic N) is 2. The Hall–Kier alpha value is -2.36. The van der Waals surface area contributed by atoms with Crippen LogP contribution >= 0.6 is 0 Å². The summed E-state index contributed by atoms with van der Waals surface area (Å²) in [5, 5.41) is 2.93. The van der Waals surface area contributed by atoms with Crippen LogP contribution in [0.4, 0.5) is 4.79 Å². The minimum Gasteiger partial charge on any atom is -0.331 e. The molecule has 0 radical (unpaired) electrons. The first-order chi connectivity index (χ1) is 9.58.